The van der Waals surface area contributed by atoms with Gasteiger partial charge in [0.05, 0.1) is 6.10 Å². The molecule has 0 spiro atoms. The molecule has 0 aromatic rings. The van der Waals surface area contributed by atoms with Gasteiger partial charge >= 0.3 is 5.97 Å². The quantitative estimate of drug-likeness (QED) is 0.364. The summed E-state index contributed by atoms with van der Waals surface area (Å²) in [5.74, 6) is -0.166. The number of hydrogen-bond acceptors (Lipinski definition) is 2. The first-order valence-electron chi connectivity index (χ1n) is 5.99. The molecule has 0 fully saturated rings. The second-order valence-corrected chi connectivity index (χ2v) is 4.01. The molecule has 1 unspecified atom stereocenters. The van der Waals surface area contributed by atoms with Crippen LogP contribution in [0, 0.1) is 0 Å². The first kappa shape index (κ1) is 14.2. The Morgan fingerprint density at radius 2 is 2.00 bits per heavy atom. The lowest BCUT2D eigenvalue weighted by Gasteiger charge is -2.10. The Bertz CT molecular complexity index is 207. The Morgan fingerprint density at radius 1 is 1.33 bits per heavy atom. The van der Waals surface area contributed by atoms with Crippen LogP contribution in [0.3, 0.4) is 0 Å². The SMILES string of the molecule is CCCCCC=C(C)C(=O)OC(C)CC. The third kappa shape index (κ3) is 7.18. The normalized spacial score (nSPS) is 13.7. The standard InChI is InChI=1S/C13H24O2/c1-5-7-8-9-10-11(3)13(14)15-12(4)6-2/h10,12H,5-9H2,1-4H3. The first-order chi connectivity index (χ1) is 7.11. The molecule has 2 heteroatoms. The number of unbranched alkanes of at least 4 members (excludes halogenated alkanes) is 3. The van der Waals surface area contributed by atoms with Crippen LogP contribution in [0.4, 0.5) is 0 Å². The van der Waals surface area contributed by atoms with Gasteiger partial charge in [0.25, 0.3) is 0 Å². The van der Waals surface area contributed by atoms with E-state index in [0.717, 1.165) is 24.8 Å². The average molecular weight is 212 g/mol. The van der Waals surface area contributed by atoms with Crippen LogP contribution < -0.4 is 0 Å². The minimum absolute atomic E-state index is 0.0245. The van der Waals surface area contributed by atoms with E-state index in [-0.39, 0.29) is 12.1 Å². The van der Waals surface area contributed by atoms with E-state index in [9.17, 15) is 4.79 Å². The van der Waals surface area contributed by atoms with E-state index in [4.69, 9.17) is 4.74 Å². The summed E-state index contributed by atoms with van der Waals surface area (Å²) in [6, 6.07) is 0. The van der Waals surface area contributed by atoms with Crippen LogP contribution in [-0.4, -0.2) is 12.1 Å². The van der Waals surface area contributed by atoms with E-state index in [2.05, 4.69) is 6.92 Å². The Hall–Kier alpha value is -0.790. The number of esters is 1. The molecule has 0 heterocycles. The molecule has 0 amide bonds. The van der Waals surface area contributed by atoms with Crippen LogP contribution in [0.2, 0.25) is 0 Å². The second-order valence-electron chi connectivity index (χ2n) is 4.01. The van der Waals surface area contributed by atoms with Crippen molar-refractivity contribution in [3.63, 3.8) is 0 Å². The molecule has 0 rings (SSSR count). The highest BCUT2D eigenvalue weighted by molar-refractivity contribution is 5.87. The van der Waals surface area contributed by atoms with Crippen molar-refractivity contribution < 1.29 is 9.53 Å². The fourth-order valence-electron chi connectivity index (χ4n) is 1.16. The highest BCUT2D eigenvalue weighted by Crippen LogP contribution is 2.07. The molecule has 0 aliphatic carbocycles. The van der Waals surface area contributed by atoms with Crippen LogP contribution in [0.5, 0.6) is 0 Å². The minimum atomic E-state index is -0.166. The van der Waals surface area contributed by atoms with E-state index in [1.807, 2.05) is 26.8 Å². The Balaban J connectivity index is 3.86. The van der Waals surface area contributed by atoms with Gasteiger partial charge in [0, 0.05) is 5.57 Å². The topological polar surface area (TPSA) is 26.3 Å². The van der Waals surface area contributed by atoms with Crippen LogP contribution >= 0.6 is 0 Å². The molecule has 0 aliphatic rings. The second kappa shape index (κ2) is 8.51. The van der Waals surface area contributed by atoms with Gasteiger partial charge in [0.2, 0.25) is 0 Å². The van der Waals surface area contributed by atoms with Crippen molar-refractivity contribution in [1.29, 1.82) is 0 Å². The summed E-state index contributed by atoms with van der Waals surface area (Å²) < 4.78 is 5.21. The predicted molar refractivity (Wildman–Crippen MR) is 63.7 cm³/mol. The van der Waals surface area contributed by atoms with Crippen LogP contribution in [0.25, 0.3) is 0 Å². The van der Waals surface area contributed by atoms with Crippen molar-refractivity contribution >= 4 is 5.97 Å². The molecule has 0 N–H and O–H groups in total. The van der Waals surface area contributed by atoms with Gasteiger partial charge in [-0.1, -0.05) is 32.8 Å². The number of carbonyl (C=O) groups excluding carboxylic acids is 1. The maximum absolute atomic E-state index is 11.5. The lowest BCUT2D eigenvalue weighted by Crippen LogP contribution is -2.14. The Kier molecular flexibility index (Phi) is 8.06. The van der Waals surface area contributed by atoms with Gasteiger partial charge in [-0.15, -0.1) is 0 Å². The maximum atomic E-state index is 11.5. The zero-order chi connectivity index (χ0) is 11.7. The first-order valence-corrected chi connectivity index (χ1v) is 5.99. The van der Waals surface area contributed by atoms with Gasteiger partial charge in [-0.2, -0.15) is 0 Å². The molecule has 88 valence electrons. The third-order valence-corrected chi connectivity index (χ3v) is 2.46. The summed E-state index contributed by atoms with van der Waals surface area (Å²) in [6.07, 6.45) is 7.46. The zero-order valence-corrected chi connectivity index (χ0v) is 10.5. The number of ether oxygens (including phenoxy) is 1. The van der Waals surface area contributed by atoms with Gasteiger partial charge < -0.3 is 4.74 Å². The van der Waals surface area contributed by atoms with Crippen molar-refractivity contribution in [3.8, 4) is 0 Å². The molecule has 0 saturated carbocycles. The summed E-state index contributed by atoms with van der Waals surface area (Å²) in [7, 11) is 0. The van der Waals surface area contributed by atoms with Gasteiger partial charge in [0.1, 0.15) is 0 Å². The Labute approximate surface area is 93.7 Å². The van der Waals surface area contributed by atoms with E-state index in [1.165, 1.54) is 12.8 Å². The molecule has 0 aromatic heterocycles. The molecule has 15 heavy (non-hydrogen) atoms. The van der Waals surface area contributed by atoms with Gasteiger partial charge in [-0.25, -0.2) is 4.79 Å². The van der Waals surface area contributed by atoms with Gasteiger partial charge in [-0.05, 0) is 33.1 Å². The predicted octanol–water partition coefficient (Wildman–Crippen LogP) is 3.85. The van der Waals surface area contributed by atoms with E-state index in [1.54, 1.807) is 0 Å². The van der Waals surface area contributed by atoms with Gasteiger partial charge in [0.15, 0.2) is 0 Å². The maximum Gasteiger partial charge on any atom is 0.333 e. The largest absolute Gasteiger partial charge is 0.459 e. The summed E-state index contributed by atoms with van der Waals surface area (Å²) >= 11 is 0. The smallest absolute Gasteiger partial charge is 0.333 e. The van der Waals surface area contributed by atoms with Crippen molar-refractivity contribution in [1.82, 2.24) is 0 Å². The monoisotopic (exact) mass is 212 g/mol. The number of carbonyl (C=O) groups is 1. The molecule has 0 radical (unpaired) electrons. The van der Waals surface area contributed by atoms with Crippen molar-refractivity contribution in [2.45, 2.75) is 65.9 Å². The van der Waals surface area contributed by atoms with Crippen molar-refractivity contribution in [3.05, 3.63) is 11.6 Å². The summed E-state index contributed by atoms with van der Waals surface area (Å²) in [4.78, 5) is 11.5. The zero-order valence-electron chi connectivity index (χ0n) is 10.5. The van der Waals surface area contributed by atoms with Crippen LogP contribution in [0.1, 0.15) is 59.8 Å². The molecular weight excluding hydrogens is 188 g/mol. The van der Waals surface area contributed by atoms with Crippen molar-refractivity contribution in [2.75, 3.05) is 0 Å². The fourth-order valence-corrected chi connectivity index (χ4v) is 1.16. The van der Waals surface area contributed by atoms with E-state index in [0.29, 0.717) is 0 Å². The summed E-state index contributed by atoms with van der Waals surface area (Å²) in [6.45, 7) is 7.94. The number of rotatable bonds is 7. The van der Waals surface area contributed by atoms with E-state index < -0.39 is 0 Å². The lowest BCUT2D eigenvalue weighted by atomic mass is 10.1. The number of allylic oxidation sites excluding steroid dienone is 1. The molecule has 0 saturated heterocycles. The van der Waals surface area contributed by atoms with Crippen LogP contribution in [0.15, 0.2) is 11.6 Å². The molecule has 0 aromatic carbocycles. The molecular formula is C13H24O2. The average Bonchev–Trinajstić information content (AvgIpc) is 2.23. The van der Waals surface area contributed by atoms with Gasteiger partial charge in [-0.3, -0.25) is 0 Å². The van der Waals surface area contributed by atoms with Crippen LogP contribution in [-0.2, 0) is 9.53 Å². The third-order valence-electron chi connectivity index (χ3n) is 2.46. The highest BCUT2D eigenvalue weighted by Gasteiger charge is 2.08. The Morgan fingerprint density at radius 3 is 2.53 bits per heavy atom. The highest BCUT2D eigenvalue weighted by atomic mass is 16.5. The summed E-state index contributed by atoms with van der Waals surface area (Å²) in [5, 5.41) is 0. The molecule has 0 aliphatic heterocycles. The fraction of sp³-hybridized carbons (Fsp3) is 0.769. The molecule has 1 atom stereocenters. The number of hydrogen-bond donors (Lipinski definition) is 0. The molecule has 2 nitrogen and oxygen atoms in total. The lowest BCUT2D eigenvalue weighted by molar-refractivity contribution is -0.143. The summed E-state index contributed by atoms with van der Waals surface area (Å²) in [5.41, 5.74) is 0.742. The van der Waals surface area contributed by atoms with E-state index >= 15 is 0 Å². The molecule has 0 bridgehead atoms. The minimum Gasteiger partial charge on any atom is -0.459 e. The van der Waals surface area contributed by atoms with Crippen molar-refractivity contribution in [2.24, 2.45) is 0 Å².